The molecule has 55 heavy (non-hydrogen) atoms. The lowest BCUT2D eigenvalue weighted by molar-refractivity contribution is 0.332. The van der Waals surface area contributed by atoms with Gasteiger partial charge in [0.25, 0.3) is 0 Å². The molecule has 0 unspecified atom stereocenters. The Morgan fingerprint density at radius 3 is 1.71 bits per heavy atom. The van der Waals surface area contributed by atoms with Crippen LogP contribution in [-0.2, 0) is 16.2 Å². The van der Waals surface area contributed by atoms with Crippen LogP contribution in [0, 0.1) is 0 Å². The maximum atomic E-state index is 2.53. The van der Waals surface area contributed by atoms with E-state index >= 15 is 0 Å². The first-order chi connectivity index (χ1) is 26.5. The minimum atomic E-state index is -0.135. The lowest BCUT2D eigenvalue weighted by atomic mass is 9.63. The maximum Gasteiger partial charge on any atom is 0.0543 e. The topological polar surface area (TPSA) is 8.17 Å². The largest absolute Gasteiger partial charge is 0.310 e. The molecule has 0 spiro atoms. The Balaban J connectivity index is 1.21. The Kier molecular flexibility index (Phi) is 7.39. The van der Waals surface area contributed by atoms with Crippen LogP contribution in [0.2, 0.25) is 0 Å². The SMILES string of the molecule is CC1(C)CCC(C)(C)c2cc(-c3cc4c(cc3N(c3ccccc3)c3ccc(-n5c6ccccc6c6ccccc65)cc3)C(C)(C)c3ccccc3-4)ccc21. The molecular formula is C53H48N2. The summed E-state index contributed by atoms with van der Waals surface area (Å²) >= 11 is 0. The number of nitrogens with zero attached hydrogens (tertiary/aromatic N) is 2. The molecule has 2 aliphatic rings. The fourth-order valence-corrected chi connectivity index (χ4v) is 9.86. The second-order valence-corrected chi connectivity index (χ2v) is 17.7. The number of rotatable bonds is 5. The molecule has 7 aromatic carbocycles. The molecule has 0 fully saturated rings. The van der Waals surface area contributed by atoms with E-state index in [1.807, 2.05) is 0 Å². The van der Waals surface area contributed by atoms with Gasteiger partial charge in [0, 0.05) is 38.8 Å². The minimum Gasteiger partial charge on any atom is -0.310 e. The number of benzene rings is 7. The molecule has 8 aromatic rings. The first-order valence-electron chi connectivity index (χ1n) is 19.9. The van der Waals surface area contributed by atoms with E-state index in [-0.39, 0.29) is 16.2 Å². The molecule has 1 heterocycles. The van der Waals surface area contributed by atoms with Gasteiger partial charge in [-0.3, -0.25) is 0 Å². The van der Waals surface area contributed by atoms with Gasteiger partial charge < -0.3 is 9.47 Å². The molecule has 0 atom stereocenters. The summed E-state index contributed by atoms with van der Waals surface area (Å²) in [4.78, 5) is 2.48. The van der Waals surface area contributed by atoms with Crippen molar-refractivity contribution in [3.8, 4) is 27.9 Å². The maximum absolute atomic E-state index is 2.53. The minimum absolute atomic E-state index is 0.105. The number of hydrogen-bond donors (Lipinski definition) is 0. The average molecular weight is 713 g/mol. The molecule has 0 saturated heterocycles. The Morgan fingerprint density at radius 1 is 0.436 bits per heavy atom. The van der Waals surface area contributed by atoms with E-state index in [4.69, 9.17) is 0 Å². The lowest BCUT2D eigenvalue weighted by Gasteiger charge is -2.42. The second kappa shape index (κ2) is 12.1. The Bertz CT molecular complexity index is 2720. The summed E-state index contributed by atoms with van der Waals surface area (Å²) in [6.07, 6.45) is 2.39. The predicted molar refractivity (Wildman–Crippen MR) is 234 cm³/mol. The number of aromatic nitrogens is 1. The molecule has 0 amide bonds. The molecule has 2 nitrogen and oxygen atoms in total. The van der Waals surface area contributed by atoms with Gasteiger partial charge in [0.1, 0.15) is 0 Å². The molecule has 270 valence electrons. The van der Waals surface area contributed by atoms with E-state index in [1.54, 1.807) is 0 Å². The van der Waals surface area contributed by atoms with Crippen LogP contribution in [-0.4, -0.2) is 4.57 Å². The molecule has 0 aliphatic heterocycles. The molecule has 0 N–H and O–H groups in total. The number of anilines is 3. The third-order valence-corrected chi connectivity index (χ3v) is 13.1. The normalized spacial score (nSPS) is 16.1. The third-order valence-electron chi connectivity index (χ3n) is 13.1. The van der Waals surface area contributed by atoms with E-state index in [1.165, 1.54) is 84.8 Å². The van der Waals surface area contributed by atoms with Crippen molar-refractivity contribution in [2.75, 3.05) is 4.90 Å². The Hall–Kier alpha value is -5.86. The summed E-state index contributed by atoms with van der Waals surface area (Å²) in [6, 6.07) is 59.0. The first kappa shape index (κ1) is 33.7. The van der Waals surface area contributed by atoms with Gasteiger partial charge in [0.15, 0.2) is 0 Å². The van der Waals surface area contributed by atoms with Crippen LogP contribution in [0.25, 0.3) is 49.7 Å². The van der Waals surface area contributed by atoms with Gasteiger partial charge in [-0.25, -0.2) is 0 Å². The van der Waals surface area contributed by atoms with E-state index in [9.17, 15) is 0 Å². The highest BCUT2D eigenvalue weighted by Gasteiger charge is 2.39. The highest BCUT2D eigenvalue weighted by molar-refractivity contribution is 6.09. The Morgan fingerprint density at radius 2 is 1.02 bits per heavy atom. The van der Waals surface area contributed by atoms with Gasteiger partial charge in [-0.05, 0) is 123 Å². The van der Waals surface area contributed by atoms with Gasteiger partial charge >= 0.3 is 0 Å². The second-order valence-electron chi connectivity index (χ2n) is 17.7. The third kappa shape index (κ3) is 5.14. The summed E-state index contributed by atoms with van der Waals surface area (Å²) in [7, 11) is 0. The van der Waals surface area contributed by atoms with Crippen molar-refractivity contribution in [3.63, 3.8) is 0 Å². The van der Waals surface area contributed by atoms with Crippen LogP contribution in [0.4, 0.5) is 17.1 Å². The van der Waals surface area contributed by atoms with Crippen LogP contribution in [0.5, 0.6) is 0 Å². The van der Waals surface area contributed by atoms with Crippen molar-refractivity contribution in [1.29, 1.82) is 0 Å². The molecule has 2 heteroatoms. The van der Waals surface area contributed by atoms with E-state index in [0.717, 1.165) is 17.1 Å². The molecule has 0 bridgehead atoms. The average Bonchev–Trinajstić information content (AvgIpc) is 3.65. The predicted octanol–water partition coefficient (Wildman–Crippen LogP) is 14.6. The smallest absolute Gasteiger partial charge is 0.0543 e. The zero-order valence-electron chi connectivity index (χ0n) is 32.8. The summed E-state index contributed by atoms with van der Waals surface area (Å²) in [6.45, 7) is 14.5. The molecule has 2 aliphatic carbocycles. The fraction of sp³-hybridized carbons (Fsp3) is 0.208. The number of hydrogen-bond acceptors (Lipinski definition) is 1. The molecule has 0 radical (unpaired) electrons. The number of fused-ring (bicyclic) bond motifs is 7. The highest BCUT2D eigenvalue weighted by atomic mass is 15.1. The van der Waals surface area contributed by atoms with Gasteiger partial charge in [0.05, 0.1) is 16.7 Å². The lowest BCUT2D eigenvalue weighted by Crippen LogP contribution is -2.33. The van der Waals surface area contributed by atoms with Crippen LogP contribution in [0.15, 0.2) is 158 Å². The van der Waals surface area contributed by atoms with Crippen molar-refractivity contribution >= 4 is 38.9 Å². The summed E-state index contributed by atoms with van der Waals surface area (Å²) < 4.78 is 2.40. The van der Waals surface area contributed by atoms with Crippen molar-refractivity contribution in [1.82, 2.24) is 4.57 Å². The molecule has 1 aromatic heterocycles. The zero-order valence-corrected chi connectivity index (χ0v) is 32.8. The summed E-state index contributed by atoms with van der Waals surface area (Å²) in [5.41, 5.74) is 18.1. The first-order valence-corrected chi connectivity index (χ1v) is 19.9. The van der Waals surface area contributed by atoms with Crippen LogP contribution in [0.1, 0.15) is 76.6 Å². The standard InChI is InChI=1S/C53H48N2/c1-51(2)30-31-52(3,4)47-32-35(24-29-45(47)51)42-33-43-39-18-10-13-21-44(39)53(5,6)46(43)34-50(42)54(36-16-8-7-9-17-36)37-25-27-38(28-26-37)55-48-22-14-11-19-40(48)41-20-12-15-23-49(41)55/h7-29,32-34H,30-31H2,1-6H3. The quantitative estimate of drug-likeness (QED) is 0.172. The van der Waals surface area contributed by atoms with Crippen LogP contribution in [0.3, 0.4) is 0 Å². The van der Waals surface area contributed by atoms with E-state index in [2.05, 4.69) is 209 Å². The molecular weight excluding hydrogens is 665 g/mol. The van der Waals surface area contributed by atoms with E-state index in [0.29, 0.717) is 0 Å². The molecule has 0 saturated carbocycles. The van der Waals surface area contributed by atoms with Crippen LogP contribution >= 0.6 is 0 Å². The molecule has 10 rings (SSSR count). The van der Waals surface area contributed by atoms with Crippen LogP contribution < -0.4 is 4.90 Å². The van der Waals surface area contributed by atoms with Gasteiger partial charge in [0.2, 0.25) is 0 Å². The van der Waals surface area contributed by atoms with Crippen molar-refractivity contribution < 1.29 is 0 Å². The highest BCUT2D eigenvalue weighted by Crippen LogP contribution is 2.54. The van der Waals surface area contributed by atoms with Gasteiger partial charge in [-0.2, -0.15) is 0 Å². The number of para-hydroxylation sites is 3. The summed E-state index contributed by atoms with van der Waals surface area (Å²) in [5, 5.41) is 2.55. The van der Waals surface area contributed by atoms with Gasteiger partial charge in [-0.15, -0.1) is 0 Å². The monoisotopic (exact) mass is 712 g/mol. The van der Waals surface area contributed by atoms with Crippen molar-refractivity contribution in [2.24, 2.45) is 0 Å². The zero-order chi connectivity index (χ0) is 37.7. The van der Waals surface area contributed by atoms with Crippen molar-refractivity contribution in [2.45, 2.75) is 70.6 Å². The Labute approximate surface area is 325 Å². The van der Waals surface area contributed by atoms with Crippen molar-refractivity contribution in [3.05, 3.63) is 180 Å². The summed E-state index contributed by atoms with van der Waals surface area (Å²) in [5.74, 6) is 0. The van der Waals surface area contributed by atoms with Gasteiger partial charge in [-0.1, -0.05) is 139 Å². The fourth-order valence-electron chi connectivity index (χ4n) is 9.86. The van der Waals surface area contributed by atoms with E-state index < -0.39 is 0 Å².